The minimum atomic E-state index is 0.538. The Labute approximate surface area is 184 Å². The van der Waals surface area contributed by atoms with Crippen LogP contribution in [-0.2, 0) is 18.6 Å². The van der Waals surface area contributed by atoms with E-state index in [0.29, 0.717) is 23.1 Å². The van der Waals surface area contributed by atoms with E-state index >= 15 is 0 Å². The van der Waals surface area contributed by atoms with Crippen LogP contribution in [0.1, 0.15) is 42.9 Å². The molecule has 4 aromatic rings. The molecule has 0 atom stereocenters. The maximum atomic E-state index is 6.09. The third-order valence-corrected chi connectivity index (χ3v) is 5.74. The molecule has 2 aromatic heterocycles. The highest BCUT2D eigenvalue weighted by molar-refractivity contribution is 7.98. The molecule has 4 rings (SSSR count). The Morgan fingerprint density at radius 3 is 2.60 bits per heavy atom. The lowest BCUT2D eigenvalue weighted by molar-refractivity contribution is 0.384. The maximum absolute atomic E-state index is 6.09. The van der Waals surface area contributed by atoms with Crippen LogP contribution in [0, 0.1) is 0 Å². The van der Waals surface area contributed by atoms with E-state index in [4.69, 9.17) is 16.1 Å². The average molecular weight is 440 g/mol. The number of unbranched alkanes of at least 4 members (excludes halogenated alkanes) is 1. The smallest absolute Gasteiger partial charge is 0.237 e. The zero-order valence-corrected chi connectivity index (χ0v) is 18.2. The Morgan fingerprint density at radius 2 is 1.83 bits per heavy atom. The van der Waals surface area contributed by atoms with Gasteiger partial charge in [-0.15, -0.1) is 10.2 Å². The van der Waals surface area contributed by atoms with Crippen LogP contribution in [0.25, 0.3) is 5.69 Å². The molecule has 0 saturated carbocycles. The molecule has 0 spiro atoms. The summed E-state index contributed by atoms with van der Waals surface area (Å²) in [6.45, 7) is 2.15. The summed E-state index contributed by atoms with van der Waals surface area (Å²) < 4.78 is 7.45. The monoisotopic (exact) mass is 439 g/mol. The summed E-state index contributed by atoms with van der Waals surface area (Å²) in [7, 11) is 0. The first-order chi connectivity index (χ1) is 14.7. The van der Waals surface area contributed by atoms with Crippen molar-refractivity contribution >= 4 is 23.4 Å². The van der Waals surface area contributed by atoms with Gasteiger partial charge in [0.15, 0.2) is 11.0 Å². The van der Waals surface area contributed by atoms with E-state index in [1.54, 1.807) is 0 Å². The molecule has 6 nitrogen and oxygen atoms in total. The van der Waals surface area contributed by atoms with Crippen molar-refractivity contribution in [3.05, 3.63) is 82.7 Å². The van der Waals surface area contributed by atoms with Crippen molar-refractivity contribution in [2.75, 3.05) is 0 Å². The summed E-state index contributed by atoms with van der Waals surface area (Å²) in [5.74, 6) is 2.76. The molecular formula is C22H22ClN5OS. The van der Waals surface area contributed by atoms with Gasteiger partial charge in [0.1, 0.15) is 5.82 Å². The van der Waals surface area contributed by atoms with Crippen LogP contribution in [0.5, 0.6) is 0 Å². The topological polar surface area (TPSA) is 69.6 Å². The van der Waals surface area contributed by atoms with Crippen LogP contribution in [-0.4, -0.2) is 24.9 Å². The fourth-order valence-electron chi connectivity index (χ4n) is 3.05. The van der Waals surface area contributed by atoms with Crippen molar-refractivity contribution in [2.24, 2.45) is 0 Å². The first-order valence-electron chi connectivity index (χ1n) is 9.91. The van der Waals surface area contributed by atoms with Crippen molar-refractivity contribution in [3.63, 3.8) is 0 Å². The standard InChI is InChI=1S/C22H22ClN5OS/c1-2-3-9-19-24-21(29-27-19)15-30-22-26-25-20(14-16-7-5-4-6-8-16)28(22)18-12-10-17(23)11-13-18/h4-8,10-13H,2-3,9,14-15H2,1H3. The normalized spacial score (nSPS) is 11.1. The van der Waals surface area contributed by atoms with E-state index in [-0.39, 0.29) is 0 Å². The molecule has 0 amide bonds. The van der Waals surface area contributed by atoms with Gasteiger partial charge >= 0.3 is 0 Å². The van der Waals surface area contributed by atoms with Gasteiger partial charge in [-0.2, -0.15) is 4.98 Å². The Bertz CT molecular complexity index is 1080. The van der Waals surface area contributed by atoms with Gasteiger partial charge in [0.05, 0.1) is 5.75 Å². The van der Waals surface area contributed by atoms with E-state index in [1.165, 1.54) is 17.3 Å². The minimum absolute atomic E-state index is 0.538. The first kappa shape index (κ1) is 20.6. The Hall–Kier alpha value is -2.64. The van der Waals surface area contributed by atoms with E-state index in [1.807, 2.05) is 42.5 Å². The Kier molecular flexibility index (Phi) is 6.81. The fourth-order valence-corrected chi connectivity index (χ4v) is 3.98. The van der Waals surface area contributed by atoms with Gasteiger partial charge in [0.2, 0.25) is 5.89 Å². The minimum Gasteiger partial charge on any atom is -0.338 e. The van der Waals surface area contributed by atoms with Crippen LogP contribution < -0.4 is 0 Å². The lowest BCUT2D eigenvalue weighted by Crippen LogP contribution is -2.04. The van der Waals surface area contributed by atoms with Gasteiger partial charge < -0.3 is 4.52 Å². The van der Waals surface area contributed by atoms with Crippen LogP contribution in [0.2, 0.25) is 5.02 Å². The number of aromatic nitrogens is 5. The van der Waals surface area contributed by atoms with Gasteiger partial charge in [0, 0.05) is 23.6 Å². The predicted molar refractivity (Wildman–Crippen MR) is 118 cm³/mol. The third kappa shape index (κ3) is 5.09. The highest BCUT2D eigenvalue weighted by Crippen LogP contribution is 2.26. The SMILES string of the molecule is CCCCc1noc(CSc2nnc(Cc3ccccc3)n2-c2ccc(Cl)cc2)n1. The molecule has 0 radical (unpaired) electrons. The van der Waals surface area contributed by atoms with Crippen LogP contribution >= 0.6 is 23.4 Å². The molecule has 8 heteroatoms. The molecule has 2 heterocycles. The number of hydrogen-bond donors (Lipinski definition) is 0. The number of halogens is 1. The molecule has 0 aliphatic carbocycles. The molecule has 0 bridgehead atoms. The van der Waals surface area contributed by atoms with Crippen molar-refractivity contribution in [1.29, 1.82) is 0 Å². The van der Waals surface area contributed by atoms with E-state index in [9.17, 15) is 0 Å². The highest BCUT2D eigenvalue weighted by Gasteiger charge is 2.17. The zero-order chi connectivity index (χ0) is 20.8. The summed E-state index contributed by atoms with van der Waals surface area (Å²) in [6, 6.07) is 17.9. The molecule has 0 aliphatic heterocycles. The van der Waals surface area contributed by atoms with Crippen LogP contribution in [0.3, 0.4) is 0 Å². The Balaban J connectivity index is 1.57. The second-order valence-corrected chi connectivity index (χ2v) is 8.25. The summed E-state index contributed by atoms with van der Waals surface area (Å²) in [4.78, 5) is 4.48. The molecule has 154 valence electrons. The summed E-state index contributed by atoms with van der Waals surface area (Å²) >= 11 is 7.62. The predicted octanol–water partition coefficient (Wildman–Crippen LogP) is 5.53. The van der Waals surface area contributed by atoms with Crippen molar-refractivity contribution < 1.29 is 4.52 Å². The second kappa shape index (κ2) is 9.91. The number of nitrogens with zero attached hydrogens (tertiary/aromatic N) is 5. The zero-order valence-electron chi connectivity index (χ0n) is 16.7. The van der Waals surface area contributed by atoms with Gasteiger partial charge in [-0.3, -0.25) is 4.57 Å². The molecule has 0 unspecified atom stereocenters. The molecule has 2 aromatic carbocycles. The molecule has 0 N–H and O–H groups in total. The number of thioether (sulfide) groups is 1. The van der Waals surface area contributed by atoms with E-state index in [0.717, 1.165) is 41.8 Å². The van der Waals surface area contributed by atoms with Crippen LogP contribution in [0.4, 0.5) is 0 Å². The Morgan fingerprint density at radius 1 is 1.03 bits per heavy atom. The van der Waals surface area contributed by atoms with Gasteiger partial charge in [0.25, 0.3) is 0 Å². The first-order valence-corrected chi connectivity index (χ1v) is 11.3. The molecule has 0 saturated heterocycles. The quantitative estimate of drug-likeness (QED) is 0.319. The number of benzene rings is 2. The highest BCUT2D eigenvalue weighted by atomic mass is 35.5. The summed E-state index contributed by atoms with van der Waals surface area (Å²) in [5, 5.41) is 14.4. The lowest BCUT2D eigenvalue weighted by Gasteiger charge is -2.10. The number of rotatable bonds is 9. The van der Waals surface area contributed by atoms with E-state index < -0.39 is 0 Å². The number of hydrogen-bond acceptors (Lipinski definition) is 6. The van der Waals surface area contributed by atoms with E-state index in [2.05, 4.69) is 44.0 Å². The second-order valence-electron chi connectivity index (χ2n) is 6.87. The van der Waals surface area contributed by atoms with Gasteiger partial charge in [-0.1, -0.05) is 72.2 Å². The third-order valence-electron chi connectivity index (χ3n) is 4.58. The molecule has 0 fully saturated rings. The average Bonchev–Trinajstić information content (AvgIpc) is 3.39. The van der Waals surface area contributed by atoms with Crippen molar-refractivity contribution in [2.45, 2.75) is 43.5 Å². The fraction of sp³-hybridized carbons (Fsp3) is 0.273. The lowest BCUT2D eigenvalue weighted by atomic mass is 10.1. The molecule has 0 aliphatic rings. The summed E-state index contributed by atoms with van der Waals surface area (Å²) in [6.07, 6.45) is 3.68. The largest absolute Gasteiger partial charge is 0.338 e. The summed E-state index contributed by atoms with van der Waals surface area (Å²) in [5.41, 5.74) is 2.14. The van der Waals surface area contributed by atoms with Gasteiger partial charge in [-0.25, -0.2) is 0 Å². The van der Waals surface area contributed by atoms with Crippen LogP contribution in [0.15, 0.2) is 64.3 Å². The van der Waals surface area contributed by atoms with Crippen molar-refractivity contribution in [3.8, 4) is 5.69 Å². The van der Waals surface area contributed by atoms with Gasteiger partial charge in [-0.05, 0) is 36.2 Å². The molecule has 30 heavy (non-hydrogen) atoms. The van der Waals surface area contributed by atoms with Crippen molar-refractivity contribution in [1.82, 2.24) is 24.9 Å². The molecular weight excluding hydrogens is 418 g/mol. The number of aryl methyl sites for hydroxylation is 1. The maximum Gasteiger partial charge on any atom is 0.237 e.